The van der Waals surface area contributed by atoms with Crippen molar-refractivity contribution in [3.05, 3.63) is 60.7 Å². The Balaban J connectivity index is 1.92. The van der Waals surface area contributed by atoms with Gasteiger partial charge in [-0.25, -0.2) is 25.2 Å². The molecule has 0 aromatic heterocycles. The zero-order valence-corrected chi connectivity index (χ0v) is 35.4. The lowest BCUT2D eigenvalue weighted by atomic mass is 10.1. The van der Waals surface area contributed by atoms with Crippen LogP contribution in [0.5, 0.6) is 5.75 Å². The number of anilines is 1. The fraction of sp³-hybridized carbons (Fsp3) is 0.185. The molecule has 7 N–H and O–H groups in total. The molecule has 334 valence electrons. The minimum absolute atomic E-state index is 0.339. The molecule has 0 aliphatic carbocycles. The number of nitrogens with one attached hydrogen (secondary N) is 1. The highest BCUT2D eigenvalue weighted by molar-refractivity contribution is 7.92. The fourth-order valence-corrected chi connectivity index (χ4v) is 9.69. The number of hydrogen-bond acceptors (Lipinski definition) is 22. The van der Waals surface area contributed by atoms with Crippen LogP contribution in [0.15, 0.2) is 101 Å². The smallest absolute Gasteiger partial charge is 0.397 e. The summed E-state index contributed by atoms with van der Waals surface area (Å²) in [4.78, 5) is -4.07. The fourth-order valence-electron chi connectivity index (χ4n) is 4.83. The molecule has 4 aromatic carbocycles. The van der Waals surface area contributed by atoms with Crippen molar-refractivity contribution in [1.29, 1.82) is 0 Å². The van der Waals surface area contributed by atoms with E-state index >= 15 is 0 Å². The van der Waals surface area contributed by atoms with Gasteiger partial charge in [-0.2, -0.15) is 42.1 Å². The van der Waals surface area contributed by atoms with Gasteiger partial charge in [0, 0.05) is 10.8 Å². The van der Waals surface area contributed by atoms with E-state index in [2.05, 4.69) is 34.1 Å². The second kappa shape index (κ2) is 18.0. The summed E-state index contributed by atoms with van der Waals surface area (Å²) < 4.78 is 223. The molecular weight excluding hydrogens is 971 g/mol. The standard InChI is InChI=1S/C27H27N5O22S7/c33-27-17-6-8-21(28-15-57(38,39)40)25(31-29-19-3-1-2-4-22(19)56(36,37)12-10-54-61(50,51)52)18(17)14-24(59(44,45)46)26(27)32-30-20-7-5-16(13-23(20)58(41,42)43)55(34,35)11-9-53-60(47,48)49/h1-8,13-14,28,33H,9-12,15H2,(H,38,39,40)(H,41,42,43)(H,44,45,46)(H,47,48,49)(H,50,51,52). The molecule has 4 aromatic rings. The van der Waals surface area contributed by atoms with Crippen LogP contribution in [0.25, 0.3) is 10.8 Å². The van der Waals surface area contributed by atoms with Crippen molar-refractivity contribution in [3.63, 3.8) is 0 Å². The Labute approximate surface area is 345 Å². The van der Waals surface area contributed by atoms with E-state index in [1.807, 2.05) is 0 Å². The minimum Gasteiger partial charge on any atom is -0.505 e. The Morgan fingerprint density at radius 3 is 1.59 bits per heavy atom. The van der Waals surface area contributed by atoms with Gasteiger partial charge in [0.1, 0.15) is 38.4 Å². The Kier molecular flexibility index (Phi) is 14.4. The van der Waals surface area contributed by atoms with Crippen molar-refractivity contribution in [1.82, 2.24) is 0 Å². The second-order valence-corrected chi connectivity index (χ2v) is 22.2. The highest BCUT2D eigenvalue weighted by Gasteiger charge is 2.27. The SMILES string of the molecule is O=S(=O)(O)CNc1ccc2c(O)c(N=Nc3ccc(S(=O)(=O)CCOS(=O)(=O)O)cc3S(=O)(=O)O)c(S(=O)(=O)O)cc2c1N=Nc1ccccc1S(=O)(=O)CCOS(=O)(=O)O. The molecule has 27 nitrogen and oxygen atoms in total. The number of sulfone groups is 2. The minimum atomic E-state index is -5.53. The van der Waals surface area contributed by atoms with Crippen molar-refractivity contribution in [3.8, 4) is 5.75 Å². The van der Waals surface area contributed by atoms with E-state index in [-0.39, 0.29) is 0 Å². The molecular formula is C27H27N5O22S7. The van der Waals surface area contributed by atoms with Gasteiger partial charge in [-0.15, -0.1) is 20.5 Å². The molecule has 0 amide bonds. The van der Waals surface area contributed by atoms with Crippen LogP contribution >= 0.6 is 0 Å². The number of fused-ring (bicyclic) bond motifs is 1. The van der Waals surface area contributed by atoms with E-state index < -0.39 is 166 Å². The van der Waals surface area contributed by atoms with Crippen LogP contribution in [0.1, 0.15) is 0 Å². The number of phenolic OH excluding ortho intramolecular Hbond substituents is 1. The number of nitrogens with zero attached hydrogens (tertiary/aromatic N) is 4. The third kappa shape index (κ3) is 13.4. The van der Waals surface area contributed by atoms with Gasteiger partial charge in [0.05, 0.1) is 40.2 Å². The first-order valence-corrected chi connectivity index (χ1v) is 26.0. The first-order chi connectivity index (χ1) is 27.8. The summed E-state index contributed by atoms with van der Waals surface area (Å²) >= 11 is 0. The van der Waals surface area contributed by atoms with E-state index in [0.717, 1.165) is 24.3 Å². The van der Waals surface area contributed by atoms with Crippen molar-refractivity contribution in [2.24, 2.45) is 20.5 Å². The third-order valence-electron chi connectivity index (χ3n) is 7.38. The molecule has 0 fully saturated rings. The summed E-state index contributed by atoms with van der Waals surface area (Å²) in [6.07, 6.45) is 0. The van der Waals surface area contributed by atoms with Gasteiger partial charge < -0.3 is 10.4 Å². The number of rotatable bonds is 19. The maximum absolute atomic E-state index is 13.0. The van der Waals surface area contributed by atoms with Gasteiger partial charge in [-0.05, 0) is 48.5 Å². The number of benzene rings is 4. The predicted molar refractivity (Wildman–Crippen MR) is 206 cm³/mol. The van der Waals surface area contributed by atoms with Gasteiger partial charge in [0.15, 0.2) is 25.4 Å². The van der Waals surface area contributed by atoms with Crippen molar-refractivity contribution in [2.45, 2.75) is 19.6 Å². The van der Waals surface area contributed by atoms with Crippen LogP contribution in [-0.2, 0) is 79.2 Å². The average molecular weight is 998 g/mol. The molecule has 0 aliphatic heterocycles. The third-order valence-corrected chi connectivity index (χ3v) is 14.0. The van der Waals surface area contributed by atoms with E-state index in [1.54, 1.807) is 0 Å². The summed E-state index contributed by atoms with van der Waals surface area (Å²) in [7, 11) is -34.9. The summed E-state index contributed by atoms with van der Waals surface area (Å²) in [5.74, 6) is -4.57. The molecule has 0 saturated carbocycles. The summed E-state index contributed by atoms with van der Waals surface area (Å²) in [6.45, 7) is -2.17. The Morgan fingerprint density at radius 1 is 0.525 bits per heavy atom. The van der Waals surface area contributed by atoms with E-state index in [9.17, 15) is 77.7 Å². The van der Waals surface area contributed by atoms with Crippen LogP contribution in [0.4, 0.5) is 28.4 Å². The highest BCUT2D eigenvalue weighted by atomic mass is 32.3. The second-order valence-electron chi connectivity index (χ2n) is 11.6. The van der Waals surface area contributed by atoms with Crippen LogP contribution in [0.3, 0.4) is 0 Å². The van der Waals surface area contributed by atoms with Gasteiger partial charge in [0.25, 0.3) is 30.4 Å². The van der Waals surface area contributed by atoms with Crippen molar-refractivity contribution < 1.29 is 95.2 Å². The van der Waals surface area contributed by atoms with Crippen molar-refractivity contribution >= 4 is 110 Å². The number of hydrogen-bond donors (Lipinski definition) is 7. The van der Waals surface area contributed by atoms with Gasteiger partial charge in [0.2, 0.25) is 0 Å². The van der Waals surface area contributed by atoms with Crippen molar-refractivity contribution in [2.75, 3.05) is 35.9 Å². The molecule has 4 rings (SSSR count). The molecule has 34 heteroatoms. The number of azo groups is 2. The topological polar surface area (TPSA) is 440 Å². The predicted octanol–water partition coefficient (Wildman–Crippen LogP) is 2.31. The maximum Gasteiger partial charge on any atom is 0.397 e. The molecule has 0 saturated heterocycles. The van der Waals surface area contributed by atoms with Crippen LogP contribution < -0.4 is 5.32 Å². The first-order valence-electron chi connectivity index (χ1n) is 15.5. The molecule has 61 heavy (non-hydrogen) atoms. The van der Waals surface area contributed by atoms with Crippen LogP contribution in [-0.4, -0.2) is 117 Å². The molecule has 0 bridgehead atoms. The summed E-state index contributed by atoms with van der Waals surface area (Å²) in [6, 6.07) is 8.75. The first kappa shape index (κ1) is 49.0. The van der Waals surface area contributed by atoms with E-state index in [4.69, 9.17) is 9.11 Å². The van der Waals surface area contributed by atoms with E-state index in [1.165, 1.54) is 12.1 Å². The normalized spacial score (nSPS) is 13.7. The van der Waals surface area contributed by atoms with Gasteiger partial charge in [-0.3, -0.25) is 22.8 Å². The highest BCUT2D eigenvalue weighted by Crippen LogP contribution is 2.47. The summed E-state index contributed by atoms with van der Waals surface area (Å²) in [5.41, 5.74) is -3.53. The average Bonchev–Trinajstić information content (AvgIpc) is 3.10. The number of phenols is 1. The summed E-state index contributed by atoms with van der Waals surface area (Å²) in [5, 5.41) is 27.3. The molecule has 0 unspecified atom stereocenters. The van der Waals surface area contributed by atoms with Gasteiger partial charge in [-0.1, -0.05) is 12.1 Å². The maximum atomic E-state index is 13.0. The monoisotopic (exact) mass is 997 g/mol. The lowest BCUT2D eigenvalue weighted by Crippen LogP contribution is -2.16. The van der Waals surface area contributed by atoms with Crippen LogP contribution in [0, 0.1) is 0 Å². The Hall–Kier alpha value is -4.69. The molecule has 0 radical (unpaired) electrons. The quantitative estimate of drug-likeness (QED) is 0.0523. The lowest BCUT2D eigenvalue weighted by molar-refractivity contribution is 0.282. The Morgan fingerprint density at radius 2 is 1.05 bits per heavy atom. The molecule has 0 aliphatic rings. The molecule has 0 heterocycles. The largest absolute Gasteiger partial charge is 0.505 e. The van der Waals surface area contributed by atoms with E-state index in [0.29, 0.717) is 24.3 Å². The number of aromatic hydroxyl groups is 1. The van der Waals surface area contributed by atoms with Gasteiger partial charge >= 0.3 is 20.8 Å². The zero-order valence-electron chi connectivity index (χ0n) is 29.7. The molecule has 0 spiro atoms. The van der Waals surface area contributed by atoms with Crippen LogP contribution in [0.2, 0.25) is 0 Å². The zero-order chi connectivity index (χ0) is 46.0. The molecule has 0 atom stereocenters. The Bertz CT molecular complexity index is 3270. The lowest BCUT2D eigenvalue weighted by Gasteiger charge is -2.14.